The molecule has 5 rings (SSSR count). The van der Waals surface area contributed by atoms with Gasteiger partial charge < -0.3 is 15.2 Å². The summed E-state index contributed by atoms with van der Waals surface area (Å²) in [5, 5.41) is 11.5. The fourth-order valence-electron chi connectivity index (χ4n) is 4.58. The average molecular weight is 460 g/mol. The van der Waals surface area contributed by atoms with Crippen molar-refractivity contribution in [1.29, 1.82) is 5.26 Å². The number of piperidine rings is 1. The van der Waals surface area contributed by atoms with Crippen LogP contribution in [0.2, 0.25) is 0 Å². The summed E-state index contributed by atoms with van der Waals surface area (Å²) in [6, 6.07) is 0.411. The number of fused-ring (bicyclic) bond motifs is 1. The van der Waals surface area contributed by atoms with Crippen molar-refractivity contribution >= 4 is 23.0 Å². The van der Waals surface area contributed by atoms with Crippen LogP contribution in [-0.2, 0) is 4.79 Å². The Morgan fingerprint density at radius 3 is 2.52 bits per heavy atom. The second kappa shape index (κ2) is 7.71. The van der Waals surface area contributed by atoms with Crippen LogP contribution >= 0.6 is 0 Å². The molecule has 2 aromatic rings. The number of likely N-dealkylation sites (tertiary alicyclic amines) is 1. The maximum absolute atomic E-state index is 14.0. The van der Waals surface area contributed by atoms with Crippen LogP contribution in [0.5, 0.6) is 0 Å². The van der Waals surface area contributed by atoms with Gasteiger partial charge in [0.1, 0.15) is 11.6 Å². The van der Waals surface area contributed by atoms with Gasteiger partial charge in [-0.2, -0.15) is 18.4 Å². The smallest absolute Gasteiger partial charge is 0.344 e. The summed E-state index contributed by atoms with van der Waals surface area (Å²) < 4.78 is 42.0. The van der Waals surface area contributed by atoms with Gasteiger partial charge >= 0.3 is 6.18 Å². The number of aromatic nitrogens is 3. The van der Waals surface area contributed by atoms with Gasteiger partial charge in [0, 0.05) is 31.1 Å². The third-order valence-corrected chi connectivity index (χ3v) is 7.06. The minimum absolute atomic E-state index is 0.0685. The Balaban J connectivity index is 1.42. The zero-order chi connectivity index (χ0) is 23.4. The first-order valence-corrected chi connectivity index (χ1v) is 11.1. The molecule has 1 aliphatic heterocycles. The molecule has 1 atom stereocenters. The molecule has 33 heavy (non-hydrogen) atoms. The van der Waals surface area contributed by atoms with Gasteiger partial charge in [0.25, 0.3) is 5.91 Å². The molecular formula is C22H23F3N6O2. The molecule has 3 heterocycles. The highest BCUT2D eigenvalue weighted by Gasteiger charge is 2.70. The van der Waals surface area contributed by atoms with Crippen molar-refractivity contribution in [2.24, 2.45) is 11.3 Å². The first-order valence-electron chi connectivity index (χ1n) is 11.1. The summed E-state index contributed by atoms with van der Waals surface area (Å²) in [7, 11) is 0. The van der Waals surface area contributed by atoms with E-state index in [-0.39, 0.29) is 42.9 Å². The number of hydrogen-bond donors (Lipinski definition) is 2. The van der Waals surface area contributed by atoms with Crippen molar-refractivity contribution in [2.45, 2.75) is 56.7 Å². The molecule has 174 valence electrons. The number of nitrogens with one attached hydrogen (secondary N) is 2. The molecule has 11 heteroatoms. The molecule has 0 radical (unpaired) electrons. The lowest BCUT2D eigenvalue weighted by atomic mass is 9.91. The van der Waals surface area contributed by atoms with Crippen LogP contribution in [-0.4, -0.2) is 57.0 Å². The molecule has 0 unspecified atom stereocenters. The highest BCUT2D eigenvalue weighted by molar-refractivity contribution is 6.06. The topological polar surface area (TPSA) is 115 Å². The van der Waals surface area contributed by atoms with Crippen molar-refractivity contribution < 1.29 is 22.8 Å². The molecule has 2 saturated carbocycles. The predicted molar refractivity (Wildman–Crippen MR) is 110 cm³/mol. The lowest BCUT2D eigenvalue weighted by Crippen LogP contribution is -2.58. The van der Waals surface area contributed by atoms with E-state index in [2.05, 4.69) is 26.3 Å². The number of amides is 2. The normalized spacial score (nSPS) is 21.5. The molecule has 3 fully saturated rings. The van der Waals surface area contributed by atoms with Crippen LogP contribution in [0.4, 0.5) is 13.2 Å². The minimum atomic E-state index is -4.63. The van der Waals surface area contributed by atoms with E-state index in [0.717, 1.165) is 18.5 Å². The largest absolute Gasteiger partial charge is 0.396 e. The highest BCUT2D eigenvalue weighted by atomic mass is 19.4. The number of H-pyrrole nitrogens is 1. The first-order chi connectivity index (χ1) is 15.7. The van der Waals surface area contributed by atoms with E-state index in [9.17, 15) is 22.8 Å². The van der Waals surface area contributed by atoms with Gasteiger partial charge in [0.2, 0.25) is 5.91 Å². The van der Waals surface area contributed by atoms with Gasteiger partial charge in [-0.1, -0.05) is 0 Å². The zero-order valence-corrected chi connectivity index (χ0v) is 17.8. The maximum atomic E-state index is 14.0. The molecular weight excluding hydrogens is 437 g/mol. The third-order valence-electron chi connectivity index (χ3n) is 7.06. The Morgan fingerprint density at radius 1 is 1.24 bits per heavy atom. The summed E-state index contributed by atoms with van der Waals surface area (Å²) in [5.74, 6) is -1.47. The number of rotatable bonds is 5. The van der Waals surface area contributed by atoms with E-state index in [1.54, 1.807) is 6.20 Å². The van der Waals surface area contributed by atoms with Crippen molar-refractivity contribution in [3.05, 3.63) is 23.7 Å². The molecule has 8 nitrogen and oxygen atoms in total. The quantitative estimate of drug-likeness (QED) is 0.712. The Bertz CT molecular complexity index is 1140. The lowest BCUT2D eigenvalue weighted by molar-refractivity contribution is -0.198. The van der Waals surface area contributed by atoms with E-state index in [1.807, 2.05) is 0 Å². The monoisotopic (exact) mass is 460 g/mol. The molecule has 3 aliphatic rings. The van der Waals surface area contributed by atoms with Gasteiger partial charge in [-0.05, 0) is 38.5 Å². The third kappa shape index (κ3) is 3.81. The van der Waals surface area contributed by atoms with E-state index >= 15 is 0 Å². The lowest BCUT2D eigenvalue weighted by Gasteiger charge is -2.36. The highest BCUT2D eigenvalue weighted by Crippen LogP contribution is 2.60. The number of carbonyl (C=O) groups is 2. The predicted octanol–water partition coefficient (Wildman–Crippen LogP) is 3.04. The number of carbonyl (C=O) groups excluding carboxylic acids is 2. The Labute approximate surface area is 187 Å². The van der Waals surface area contributed by atoms with Crippen LogP contribution in [0.25, 0.3) is 11.2 Å². The molecule has 2 N–H and O–H groups in total. The van der Waals surface area contributed by atoms with Gasteiger partial charge in [-0.3, -0.25) is 9.59 Å². The molecule has 2 aliphatic carbocycles. The Hall–Kier alpha value is -3.16. The molecule has 1 saturated heterocycles. The minimum Gasteiger partial charge on any atom is -0.344 e. The number of aromatic amines is 1. The van der Waals surface area contributed by atoms with Gasteiger partial charge in [-0.15, -0.1) is 0 Å². The molecule has 0 bridgehead atoms. The standard InChI is InChI=1S/C22H23F3N6O2/c23-22(24,25)21(5-6-21)17(20(33)31-7-3-12(9-26)4-8-31)30-19(32)14-10-27-18-16(14)29-15(11-28-18)13-1-2-13/h10-13,17H,1-8H2,(H,27,28)(H,30,32)/t17-/m1/s1. The van der Waals surface area contributed by atoms with E-state index < -0.39 is 29.4 Å². The number of alkyl halides is 3. The molecule has 0 aromatic carbocycles. The molecule has 2 amide bonds. The van der Waals surface area contributed by atoms with Crippen LogP contribution < -0.4 is 5.32 Å². The zero-order valence-electron chi connectivity index (χ0n) is 17.8. The first kappa shape index (κ1) is 21.7. The number of halogens is 3. The van der Waals surface area contributed by atoms with Crippen LogP contribution in [0.15, 0.2) is 12.4 Å². The second-order valence-electron chi connectivity index (χ2n) is 9.26. The fraction of sp³-hybridized carbons (Fsp3) is 0.591. The van der Waals surface area contributed by atoms with Crippen LogP contribution in [0.1, 0.15) is 60.5 Å². The summed E-state index contributed by atoms with van der Waals surface area (Å²) in [6.45, 7) is 0.390. The maximum Gasteiger partial charge on any atom is 0.396 e. The SMILES string of the molecule is N#CC1CCN(C(=O)[C@@H](NC(=O)c2c[nH]c3ncc(C4CC4)nc23)C2(C(F)(F)F)CC2)CC1. The number of nitrogens with zero attached hydrogens (tertiary/aromatic N) is 4. The van der Waals surface area contributed by atoms with Gasteiger partial charge in [0.15, 0.2) is 5.65 Å². The van der Waals surface area contributed by atoms with Gasteiger partial charge in [0.05, 0.1) is 28.9 Å². The van der Waals surface area contributed by atoms with Crippen LogP contribution in [0.3, 0.4) is 0 Å². The summed E-state index contributed by atoms with van der Waals surface area (Å²) in [4.78, 5) is 39.3. The second-order valence-corrected chi connectivity index (χ2v) is 9.26. The number of nitriles is 1. The number of hydrogen-bond acceptors (Lipinski definition) is 5. The van der Waals surface area contributed by atoms with E-state index in [1.165, 1.54) is 11.1 Å². The Kier molecular flexibility index (Phi) is 5.06. The average Bonchev–Trinajstić information content (AvgIpc) is 3.73. The summed E-state index contributed by atoms with van der Waals surface area (Å²) in [5.41, 5.74) is -0.808. The Morgan fingerprint density at radius 2 is 1.94 bits per heavy atom. The fourth-order valence-corrected chi connectivity index (χ4v) is 4.58. The van der Waals surface area contributed by atoms with Crippen molar-refractivity contribution in [3.63, 3.8) is 0 Å². The molecule has 2 aromatic heterocycles. The van der Waals surface area contributed by atoms with Gasteiger partial charge in [-0.25, -0.2) is 9.97 Å². The van der Waals surface area contributed by atoms with Crippen LogP contribution in [0, 0.1) is 22.7 Å². The van der Waals surface area contributed by atoms with Crippen molar-refractivity contribution in [2.75, 3.05) is 13.1 Å². The van der Waals surface area contributed by atoms with E-state index in [4.69, 9.17) is 5.26 Å². The van der Waals surface area contributed by atoms with E-state index in [0.29, 0.717) is 24.4 Å². The molecule has 0 spiro atoms. The summed E-state index contributed by atoms with van der Waals surface area (Å²) >= 11 is 0. The van der Waals surface area contributed by atoms with Crippen molar-refractivity contribution in [3.8, 4) is 6.07 Å². The van der Waals surface area contributed by atoms with Crippen molar-refractivity contribution in [1.82, 2.24) is 25.2 Å². The summed E-state index contributed by atoms with van der Waals surface area (Å²) in [6.07, 6.45) is 0.710.